The highest BCUT2D eigenvalue weighted by Gasteiger charge is 2.39. The van der Waals surface area contributed by atoms with Crippen LogP contribution in [0.25, 0.3) is 0 Å². The lowest BCUT2D eigenvalue weighted by molar-refractivity contribution is 0.498. The molecular weight excluding hydrogens is 324 g/mol. The molecule has 0 unspecified atom stereocenters. The van der Waals surface area contributed by atoms with Crippen molar-refractivity contribution in [1.82, 2.24) is 0 Å². The van der Waals surface area contributed by atoms with E-state index in [9.17, 15) is 0 Å². The molecule has 4 aromatic rings. The fourth-order valence-corrected chi connectivity index (χ4v) is 4.22. The molecule has 0 aliphatic heterocycles. The summed E-state index contributed by atoms with van der Waals surface area (Å²) in [6.07, 6.45) is 0. The third-order valence-corrected chi connectivity index (χ3v) is 5.59. The average molecular weight is 348 g/mol. The van der Waals surface area contributed by atoms with Crippen molar-refractivity contribution in [3.05, 3.63) is 144 Å². The average Bonchev–Trinajstić information content (AvgIpc) is 2.76. The molecule has 0 saturated carbocycles. The van der Waals surface area contributed by atoms with E-state index in [0.29, 0.717) is 0 Å². The van der Waals surface area contributed by atoms with Crippen molar-refractivity contribution in [1.29, 1.82) is 0 Å². The fourth-order valence-electron chi connectivity index (χ4n) is 4.22. The first-order chi connectivity index (χ1) is 13.3. The summed E-state index contributed by atoms with van der Waals surface area (Å²) in [5.74, 6) is 0.213. The van der Waals surface area contributed by atoms with E-state index in [1.807, 2.05) is 0 Å². The van der Waals surface area contributed by atoms with Crippen LogP contribution in [0, 0.1) is 0 Å². The Bertz CT molecular complexity index is 878. The highest BCUT2D eigenvalue weighted by atomic mass is 14.4. The Labute approximate surface area is 162 Å². The Morgan fingerprint density at radius 1 is 0.444 bits per heavy atom. The predicted octanol–water partition coefficient (Wildman–Crippen LogP) is 6.82. The Kier molecular flexibility index (Phi) is 4.89. The van der Waals surface area contributed by atoms with Crippen molar-refractivity contribution in [3.63, 3.8) is 0 Å². The number of hydrogen-bond acceptors (Lipinski definition) is 0. The van der Waals surface area contributed by atoms with Crippen LogP contribution in [0.4, 0.5) is 0 Å². The van der Waals surface area contributed by atoms with E-state index in [1.54, 1.807) is 0 Å². The van der Waals surface area contributed by atoms with E-state index >= 15 is 0 Å². The molecule has 0 amide bonds. The minimum Gasteiger partial charge on any atom is -0.0622 e. The molecule has 0 saturated heterocycles. The normalized spacial score (nSPS) is 11.5. The summed E-state index contributed by atoms with van der Waals surface area (Å²) in [4.78, 5) is 0. The largest absolute Gasteiger partial charge is 0.0622 e. The molecule has 132 valence electrons. The van der Waals surface area contributed by atoms with Crippen LogP contribution in [0.3, 0.4) is 0 Å². The predicted molar refractivity (Wildman–Crippen MR) is 114 cm³/mol. The van der Waals surface area contributed by atoms with Gasteiger partial charge in [-0.2, -0.15) is 0 Å². The van der Waals surface area contributed by atoms with Crippen LogP contribution in [0.5, 0.6) is 0 Å². The molecule has 0 heterocycles. The van der Waals surface area contributed by atoms with E-state index in [4.69, 9.17) is 0 Å². The molecule has 0 heteroatoms. The van der Waals surface area contributed by atoms with E-state index in [1.165, 1.54) is 22.3 Å². The number of benzene rings is 4. The Balaban J connectivity index is 2.01. The lowest BCUT2D eigenvalue weighted by atomic mass is 9.62. The zero-order valence-electron chi connectivity index (χ0n) is 15.6. The summed E-state index contributed by atoms with van der Waals surface area (Å²) in [6.45, 7) is 2.38. The molecular formula is C27H24. The first kappa shape index (κ1) is 17.3. The molecule has 0 radical (unpaired) electrons. The van der Waals surface area contributed by atoms with Crippen molar-refractivity contribution < 1.29 is 0 Å². The van der Waals surface area contributed by atoms with E-state index in [2.05, 4.69) is 128 Å². The molecule has 0 spiro atoms. The lowest BCUT2D eigenvalue weighted by Crippen LogP contribution is -2.32. The van der Waals surface area contributed by atoms with Gasteiger partial charge in [0.1, 0.15) is 0 Å². The van der Waals surface area contributed by atoms with Gasteiger partial charge >= 0.3 is 0 Å². The number of hydrogen-bond donors (Lipinski definition) is 0. The minimum absolute atomic E-state index is 0.189. The molecule has 0 aliphatic carbocycles. The Morgan fingerprint density at radius 3 is 1.07 bits per heavy atom. The molecule has 4 aromatic carbocycles. The first-order valence-electron chi connectivity index (χ1n) is 9.51. The summed E-state index contributed by atoms with van der Waals surface area (Å²) in [5, 5.41) is 0. The lowest BCUT2D eigenvalue weighted by Gasteiger charge is -2.40. The SMILES string of the molecule is CC(c1ccccc1)(c1ccccc1)C(c1ccccc1)c1ccccc1. The third kappa shape index (κ3) is 3.31. The van der Waals surface area contributed by atoms with E-state index < -0.39 is 0 Å². The molecule has 0 nitrogen and oxygen atoms in total. The van der Waals surface area contributed by atoms with E-state index in [0.717, 1.165) is 0 Å². The standard InChI is InChI=1S/C27H24/c1-27(24-18-10-4-11-19-24,25-20-12-5-13-21-25)26(22-14-6-2-7-15-22)23-16-8-3-9-17-23/h2-21,26H,1H3. The molecule has 0 aromatic heterocycles. The zero-order chi connectivity index (χ0) is 18.5. The second-order valence-corrected chi connectivity index (χ2v) is 7.19. The monoisotopic (exact) mass is 348 g/mol. The van der Waals surface area contributed by atoms with Gasteiger partial charge in [0.05, 0.1) is 0 Å². The van der Waals surface area contributed by atoms with Gasteiger partial charge in [0.15, 0.2) is 0 Å². The van der Waals surface area contributed by atoms with Crippen LogP contribution in [0.1, 0.15) is 35.1 Å². The molecule has 0 fully saturated rings. The summed E-state index contributed by atoms with van der Waals surface area (Å²) in [5.41, 5.74) is 5.13. The Hall–Kier alpha value is -3.12. The molecule has 0 N–H and O–H groups in total. The second kappa shape index (κ2) is 7.63. The molecule has 0 atom stereocenters. The van der Waals surface area contributed by atoms with Crippen LogP contribution < -0.4 is 0 Å². The maximum absolute atomic E-state index is 2.38. The molecule has 0 bridgehead atoms. The maximum Gasteiger partial charge on any atom is 0.0283 e. The molecule has 27 heavy (non-hydrogen) atoms. The minimum atomic E-state index is -0.189. The topological polar surface area (TPSA) is 0 Å². The van der Waals surface area contributed by atoms with Gasteiger partial charge in [-0.3, -0.25) is 0 Å². The van der Waals surface area contributed by atoms with E-state index in [-0.39, 0.29) is 11.3 Å². The van der Waals surface area contributed by atoms with Gasteiger partial charge in [0, 0.05) is 11.3 Å². The smallest absolute Gasteiger partial charge is 0.0283 e. The number of rotatable bonds is 5. The molecule has 0 aliphatic rings. The van der Waals surface area contributed by atoms with Gasteiger partial charge in [0.2, 0.25) is 0 Å². The van der Waals surface area contributed by atoms with Crippen LogP contribution >= 0.6 is 0 Å². The fraction of sp³-hybridized carbons (Fsp3) is 0.111. The Morgan fingerprint density at radius 2 is 0.741 bits per heavy atom. The van der Waals surface area contributed by atoms with Crippen molar-refractivity contribution in [3.8, 4) is 0 Å². The van der Waals surface area contributed by atoms with Gasteiger partial charge in [0.25, 0.3) is 0 Å². The van der Waals surface area contributed by atoms with Gasteiger partial charge in [-0.25, -0.2) is 0 Å². The van der Waals surface area contributed by atoms with Crippen molar-refractivity contribution in [2.45, 2.75) is 18.3 Å². The summed E-state index contributed by atoms with van der Waals surface area (Å²) < 4.78 is 0. The van der Waals surface area contributed by atoms with Crippen LogP contribution in [-0.2, 0) is 5.41 Å². The van der Waals surface area contributed by atoms with Gasteiger partial charge < -0.3 is 0 Å². The van der Waals surface area contributed by atoms with Gasteiger partial charge in [-0.05, 0) is 22.3 Å². The van der Waals surface area contributed by atoms with Gasteiger partial charge in [-0.15, -0.1) is 0 Å². The third-order valence-electron chi connectivity index (χ3n) is 5.59. The second-order valence-electron chi connectivity index (χ2n) is 7.19. The van der Waals surface area contributed by atoms with Gasteiger partial charge in [-0.1, -0.05) is 128 Å². The zero-order valence-corrected chi connectivity index (χ0v) is 15.6. The maximum atomic E-state index is 2.38. The van der Waals surface area contributed by atoms with Crippen molar-refractivity contribution in [2.75, 3.05) is 0 Å². The van der Waals surface area contributed by atoms with Crippen LogP contribution in [0.2, 0.25) is 0 Å². The summed E-state index contributed by atoms with van der Waals surface area (Å²) >= 11 is 0. The molecule has 4 rings (SSSR count). The summed E-state index contributed by atoms with van der Waals surface area (Å²) in [6, 6.07) is 43.5. The van der Waals surface area contributed by atoms with Crippen molar-refractivity contribution in [2.24, 2.45) is 0 Å². The van der Waals surface area contributed by atoms with Crippen LogP contribution in [0.15, 0.2) is 121 Å². The first-order valence-corrected chi connectivity index (χ1v) is 9.51. The quantitative estimate of drug-likeness (QED) is 0.371. The highest BCUT2D eigenvalue weighted by molar-refractivity contribution is 5.49. The summed E-state index contributed by atoms with van der Waals surface area (Å²) in [7, 11) is 0. The highest BCUT2D eigenvalue weighted by Crippen LogP contribution is 2.47. The van der Waals surface area contributed by atoms with Crippen molar-refractivity contribution >= 4 is 0 Å². The van der Waals surface area contributed by atoms with Crippen LogP contribution in [-0.4, -0.2) is 0 Å².